The number of ether oxygens (including phenoxy) is 1. The molecular weight excluding hydrogens is 294 g/mol. The van der Waals surface area contributed by atoms with E-state index >= 15 is 0 Å². The summed E-state index contributed by atoms with van der Waals surface area (Å²) in [5, 5.41) is 9.13. The lowest BCUT2D eigenvalue weighted by Crippen LogP contribution is -2.37. The van der Waals surface area contributed by atoms with Gasteiger partial charge in [-0.2, -0.15) is 5.26 Å². The molecule has 0 bridgehead atoms. The van der Waals surface area contributed by atoms with Crippen molar-refractivity contribution in [3.05, 3.63) is 68.0 Å². The van der Waals surface area contributed by atoms with Crippen LogP contribution in [0.2, 0.25) is 0 Å². The van der Waals surface area contributed by atoms with Gasteiger partial charge in [0.05, 0.1) is 17.3 Å². The van der Waals surface area contributed by atoms with E-state index in [1.165, 1.54) is 16.8 Å². The summed E-state index contributed by atoms with van der Waals surface area (Å²) in [4.78, 5) is 25.8. The van der Waals surface area contributed by atoms with Crippen LogP contribution in [-0.2, 0) is 0 Å². The van der Waals surface area contributed by atoms with Gasteiger partial charge in [-0.05, 0) is 44.5 Å². The standard InChI is InChI=1S/C17H15N3O3/c1-10-15(20-7-6-14(21)19-16(20)22)12-8-11(9-18)4-5-13(12)23-17(10,2)3/h4-8H,1-3H3,(H,19,21,22). The Kier molecular flexibility index (Phi) is 3.22. The molecule has 1 aromatic carbocycles. The predicted molar refractivity (Wildman–Crippen MR) is 85.2 cm³/mol. The summed E-state index contributed by atoms with van der Waals surface area (Å²) in [6, 6.07) is 8.45. The van der Waals surface area contributed by atoms with Crippen molar-refractivity contribution in [2.45, 2.75) is 26.4 Å². The molecule has 6 nitrogen and oxygen atoms in total. The fourth-order valence-electron chi connectivity index (χ4n) is 2.62. The number of fused-ring (bicyclic) bond motifs is 1. The maximum absolute atomic E-state index is 12.2. The van der Waals surface area contributed by atoms with Gasteiger partial charge in [-0.3, -0.25) is 14.3 Å². The Hall–Kier alpha value is -3.07. The second-order valence-electron chi connectivity index (χ2n) is 5.89. The third kappa shape index (κ3) is 2.36. The number of nitrogens with zero attached hydrogens (tertiary/aromatic N) is 2. The zero-order valence-electron chi connectivity index (χ0n) is 13.0. The van der Waals surface area contributed by atoms with Gasteiger partial charge < -0.3 is 4.74 Å². The van der Waals surface area contributed by atoms with Crippen LogP contribution in [0.3, 0.4) is 0 Å². The van der Waals surface area contributed by atoms with Crippen LogP contribution in [0.1, 0.15) is 31.9 Å². The predicted octanol–water partition coefficient (Wildman–Crippen LogP) is 1.86. The molecule has 0 saturated carbocycles. The minimum absolute atomic E-state index is 0.457. The highest BCUT2D eigenvalue weighted by atomic mass is 16.5. The molecule has 0 atom stereocenters. The van der Waals surface area contributed by atoms with Crippen molar-refractivity contribution in [3.8, 4) is 11.8 Å². The second kappa shape index (κ2) is 4.99. The van der Waals surface area contributed by atoms with Gasteiger partial charge in [0.1, 0.15) is 11.4 Å². The molecule has 0 aliphatic carbocycles. The van der Waals surface area contributed by atoms with E-state index in [-0.39, 0.29) is 0 Å². The van der Waals surface area contributed by atoms with E-state index in [9.17, 15) is 9.59 Å². The van der Waals surface area contributed by atoms with Crippen molar-refractivity contribution >= 4 is 5.70 Å². The van der Waals surface area contributed by atoms with Crippen LogP contribution in [0.25, 0.3) is 5.70 Å². The van der Waals surface area contributed by atoms with Crippen molar-refractivity contribution in [1.82, 2.24) is 9.55 Å². The normalized spacial score (nSPS) is 15.6. The van der Waals surface area contributed by atoms with Gasteiger partial charge in [0.15, 0.2) is 0 Å². The zero-order chi connectivity index (χ0) is 16.8. The number of rotatable bonds is 1. The molecule has 1 aliphatic rings. The molecule has 1 N–H and O–H groups in total. The van der Waals surface area contributed by atoms with Crippen molar-refractivity contribution in [2.75, 3.05) is 0 Å². The number of aromatic nitrogens is 2. The Morgan fingerprint density at radius 3 is 2.65 bits per heavy atom. The number of aromatic amines is 1. The van der Waals surface area contributed by atoms with Crippen LogP contribution in [-0.4, -0.2) is 15.2 Å². The Bertz CT molecular complexity index is 987. The topological polar surface area (TPSA) is 87.9 Å². The number of hydrogen-bond acceptors (Lipinski definition) is 4. The molecule has 1 aliphatic heterocycles. The summed E-state index contributed by atoms with van der Waals surface area (Å²) in [6.45, 7) is 5.68. The molecule has 0 saturated heterocycles. The third-order valence-corrected chi connectivity index (χ3v) is 4.05. The Morgan fingerprint density at radius 2 is 2.00 bits per heavy atom. The minimum atomic E-state index is -0.619. The lowest BCUT2D eigenvalue weighted by atomic mass is 9.90. The fraction of sp³-hybridized carbons (Fsp3) is 0.235. The van der Waals surface area contributed by atoms with E-state index in [0.29, 0.717) is 22.6 Å². The van der Waals surface area contributed by atoms with E-state index in [0.717, 1.165) is 5.57 Å². The molecular formula is C17H15N3O3. The first-order valence-electron chi connectivity index (χ1n) is 7.11. The maximum Gasteiger partial charge on any atom is 0.332 e. The lowest BCUT2D eigenvalue weighted by Gasteiger charge is -2.35. The van der Waals surface area contributed by atoms with Gasteiger partial charge in [-0.15, -0.1) is 0 Å². The minimum Gasteiger partial charge on any atom is -0.483 e. The average Bonchev–Trinajstić information content (AvgIpc) is 2.49. The van der Waals surface area contributed by atoms with Crippen molar-refractivity contribution in [3.63, 3.8) is 0 Å². The average molecular weight is 309 g/mol. The van der Waals surface area contributed by atoms with Crippen LogP contribution >= 0.6 is 0 Å². The number of H-pyrrole nitrogens is 1. The van der Waals surface area contributed by atoms with Gasteiger partial charge in [0.25, 0.3) is 5.56 Å². The largest absolute Gasteiger partial charge is 0.483 e. The highest BCUT2D eigenvalue weighted by Gasteiger charge is 2.33. The van der Waals surface area contributed by atoms with Gasteiger partial charge >= 0.3 is 5.69 Å². The van der Waals surface area contributed by atoms with Crippen LogP contribution in [0, 0.1) is 11.3 Å². The SMILES string of the molecule is CC1=C(n2ccc(=O)[nH]c2=O)c2cc(C#N)ccc2OC1(C)C. The summed E-state index contributed by atoms with van der Waals surface area (Å²) in [6.07, 6.45) is 1.43. The van der Waals surface area contributed by atoms with E-state index in [1.807, 2.05) is 20.8 Å². The first kappa shape index (κ1) is 14.9. The zero-order valence-corrected chi connectivity index (χ0v) is 13.0. The lowest BCUT2D eigenvalue weighted by molar-refractivity contribution is 0.143. The molecule has 0 radical (unpaired) electrons. The van der Waals surface area contributed by atoms with E-state index < -0.39 is 16.9 Å². The monoisotopic (exact) mass is 309 g/mol. The third-order valence-electron chi connectivity index (χ3n) is 4.05. The Morgan fingerprint density at radius 1 is 1.26 bits per heavy atom. The fourth-order valence-corrected chi connectivity index (χ4v) is 2.62. The van der Waals surface area contributed by atoms with Crippen LogP contribution < -0.4 is 16.0 Å². The van der Waals surface area contributed by atoms with Gasteiger partial charge in [-0.25, -0.2) is 4.79 Å². The first-order valence-corrected chi connectivity index (χ1v) is 7.11. The quantitative estimate of drug-likeness (QED) is 0.871. The first-order chi connectivity index (χ1) is 10.8. The van der Waals surface area contributed by atoms with Crippen LogP contribution in [0.4, 0.5) is 0 Å². The molecule has 1 aromatic heterocycles. The van der Waals surface area contributed by atoms with Gasteiger partial charge in [-0.1, -0.05) is 0 Å². The summed E-state index contributed by atoms with van der Waals surface area (Å²) in [5.74, 6) is 0.590. The summed E-state index contributed by atoms with van der Waals surface area (Å²) >= 11 is 0. The molecule has 2 aromatic rings. The smallest absolute Gasteiger partial charge is 0.332 e. The van der Waals surface area contributed by atoms with Crippen molar-refractivity contribution in [2.24, 2.45) is 0 Å². The Labute approximate surface area is 132 Å². The molecule has 3 rings (SSSR count). The molecule has 0 unspecified atom stereocenters. The van der Waals surface area contributed by atoms with E-state index in [4.69, 9.17) is 10.00 Å². The molecule has 23 heavy (non-hydrogen) atoms. The van der Waals surface area contributed by atoms with E-state index in [2.05, 4.69) is 11.1 Å². The van der Waals surface area contributed by atoms with Gasteiger partial charge in [0.2, 0.25) is 0 Å². The number of nitriles is 1. The van der Waals surface area contributed by atoms with E-state index in [1.54, 1.807) is 18.2 Å². The maximum atomic E-state index is 12.2. The van der Waals surface area contributed by atoms with Crippen LogP contribution in [0.5, 0.6) is 5.75 Å². The molecule has 0 spiro atoms. The van der Waals surface area contributed by atoms with Gasteiger partial charge in [0, 0.05) is 17.8 Å². The summed E-state index contributed by atoms with van der Waals surface area (Å²) in [7, 11) is 0. The Balaban J connectivity index is 2.38. The molecule has 0 amide bonds. The molecule has 6 heteroatoms. The molecule has 2 heterocycles. The van der Waals surface area contributed by atoms with Crippen molar-refractivity contribution < 1.29 is 4.74 Å². The number of hydrogen-bond donors (Lipinski definition) is 1. The number of benzene rings is 1. The molecule has 0 fully saturated rings. The summed E-state index contributed by atoms with van der Waals surface area (Å²) < 4.78 is 7.37. The molecule has 116 valence electrons. The van der Waals surface area contributed by atoms with Crippen molar-refractivity contribution in [1.29, 1.82) is 5.26 Å². The highest BCUT2D eigenvalue weighted by Crippen LogP contribution is 2.41. The summed E-state index contributed by atoms with van der Waals surface area (Å²) in [5.41, 5.74) is 0.958. The second-order valence-corrected chi connectivity index (χ2v) is 5.89. The number of nitrogens with one attached hydrogen (secondary N) is 1. The highest BCUT2D eigenvalue weighted by molar-refractivity contribution is 5.77. The van der Waals surface area contributed by atoms with Crippen LogP contribution in [0.15, 0.2) is 45.6 Å².